The average molecular weight is 337 g/mol. The van der Waals surface area contributed by atoms with Crippen molar-refractivity contribution in [2.75, 3.05) is 7.11 Å². The van der Waals surface area contributed by atoms with Gasteiger partial charge in [-0.3, -0.25) is 4.79 Å². The molecule has 0 fully saturated rings. The number of ether oxygens (including phenoxy) is 1. The van der Waals surface area contributed by atoms with Crippen molar-refractivity contribution in [2.24, 2.45) is 13.0 Å². The van der Waals surface area contributed by atoms with E-state index < -0.39 is 0 Å². The van der Waals surface area contributed by atoms with Crippen molar-refractivity contribution in [3.63, 3.8) is 0 Å². The Labute approximate surface area is 147 Å². The van der Waals surface area contributed by atoms with Crippen molar-refractivity contribution in [2.45, 2.75) is 19.9 Å². The van der Waals surface area contributed by atoms with Gasteiger partial charge >= 0.3 is 0 Å². The Morgan fingerprint density at radius 3 is 2.60 bits per heavy atom. The fourth-order valence-electron chi connectivity index (χ4n) is 2.96. The Kier molecular flexibility index (Phi) is 4.74. The fraction of sp³-hybridized carbons (Fsp3) is 0.300. The minimum Gasteiger partial charge on any atom is -0.497 e. The molecule has 5 nitrogen and oxygen atoms in total. The first-order valence-corrected chi connectivity index (χ1v) is 8.37. The van der Waals surface area contributed by atoms with Crippen LogP contribution in [-0.4, -0.2) is 22.6 Å². The maximum absolute atomic E-state index is 12.7. The van der Waals surface area contributed by atoms with Crippen LogP contribution in [0.1, 0.15) is 36.1 Å². The second-order valence-corrected chi connectivity index (χ2v) is 6.44. The van der Waals surface area contributed by atoms with Crippen molar-refractivity contribution in [3.8, 4) is 5.75 Å². The van der Waals surface area contributed by atoms with Gasteiger partial charge in [0.25, 0.3) is 5.91 Å². The molecule has 0 radical (unpaired) electrons. The quantitative estimate of drug-likeness (QED) is 0.772. The lowest BCUT2D eigenvalue weighted by Gasteiger charge is -2.22. The van der Waals surface area contributed by atoms with E-state index in [0.717, 1.165) is 16.9 Å². The number of carbonyl (C=O) groups excluding carboxylic acids is 1. The van der Waals surface area contributed by atoms with Crippen LogP contribution in [0.15, 0.2) is 48.5 Å². The average Bonchev–Trinajstić information content (AvgIpc) is 2.96. The molecule has 3 rings (SSSR count). The van der Waals surface area contributed by atoms with Crippen molar-refractivity contribution < 1.29 is 9.53 Å². The number of aryl methyl sites for hydroxylation is 1. The minimum absolute atomic E-state index is 0.135. The highest BCUT2D eigenvalue weighted by Gasteiger charge is 2.24. The molecule has 0 bridgehead atoms. The van der Waals surface area contributed by atoms with E-state index in [0.29, 0.717) is 11.3 Å². The van der Waals surface area contributed by atoms with Gasteiger partial charge in [0.1, 0.15) is 11.6 Å². The monoisotopic (exact) mass is 337 g/mol. The maximum Gasteiger partial charge on any atom is 0.252 e. The zero-order chi connectivity index (χ0) is 18.0. The zero-order valence-electron chi connectivity index (χ0n) is 15.0. The molecule has 5 heteroatoms. The Hall–Kier alpha value is -2.82. The molecule has 0 saturated carbocycles. The molecule has 0 unspecified atom stereocenters. The molecule has 1 amide bonds. The van der Waals surface area contributed by atoms with Crippen molar-refractivity contribution in [1.82, 2.24) is 14.9 Å². The van der Waals surface area contributed by atoms with Gasteiger partial charge in [0, 0.05) is 12.6 Å². The lowest BCUT2D eigenvalue weighted by Crippen LogP contribution is -2.33. The Morgan fingerprint density at radius 2 is 1.92 bits per heavy atom. The molecule has 0 spiro atoms. The van der Waals surface area contributed by atoms with Crippen LogP contribution < -0.4 is 10.1 Å². The van der Waals surface area contributed by atoms with Crippen LogP contribution >= 0.6 is 0 Å². The van der Waals surface area contributed by atoms with Gasteiger partial charge in [-0.1, -0.05) is 32.0 Å². The maximum atomic E-state index is 12.7. The third kappa shape index (κ3) is 3.36. The third-order valence-corrected chi connectivity index (χ3v) is 4.39. The summed E-state index contributed by atoms with van der Waals surface area (Å²) in [5, 5.41) is 3.12. The number of methoxy groups -OCH3 is 1. The summed E-state index contributed by atoms with van der Waals surface area (Å²) in [6, 6.07) is 15.0. The molecule has 2 aromatic carbocycles. The van der Waals surface area contributed by atoms with Crippen LogP contribution in [0.5, 0.6) is 5.75 Å². The van der Waals surface area contributed by atoms with Gasteiger partial charge in [-0.15, -0.1) is 0 Å². The summed E-state index contributed by atoms with van der Waals surface area (Å²) in [4.78, 5) is 17.5. The fourth-order valence-corrected chi connectivity index (χ4v) is 2.96. The highest BCUT2D eigenvalue weighted by Crippen LogP contribution is 2.25. The molecule has 0 saturated heterocycles. The van der Waals surface area contributed by atoms with E-state index in [-0.39, 0.29) is 17.9 Å². The van der Waals surface area contributed by atoms with Gasteiger partial charge < -0.3 is 14.6 Å². The third-order valence-electron chi connectivity index (χ3n) is 4.39. The van der Waals surface area contributed by atoms with E-state index in [4.69, 9.17) is 9.72 Å². The van der Waals surface area contributed by atoms with Crippen molar-refractivity contribution in [1.29, 1.82) is 0 Å². The van der Waals surface area contributed by atoms with Crippen LogP contribution in [0, 0.1) is 5.92 Å². The predicted molar refractivity (Wildman–Crippen MR) is 98.8 cm³/mol. The van der Waals surface area contributed by atoms with Crippen LogP contribution in [0.4, 0.5) is 0 Å². The number of carbonyl (C=O) groups is 1. The molecule has 0 aliphatic rings. The van der Waals surface area contributed by atoms with E-state index in [9.17, 15) is 4.79 Å². The summed E-state index contributed by atoms with van der Waals surface area (Å²) in [5.74, 6) is 1.58. The van der Waals surface area contributed by atoms with Crippen molar-refractivity contribution >= 4 is 16.9 Å². The number of benzene rings is 2. The number of nitrogens with zero attached hydrogens (tertiary/aromatic N) is 2. The predicted octanol–water partition coefficient (Wildman–Crippen LogP) is 3.71. The zero-order valence-corrected chi connectivity index (χ0v) is 15.0. The van der Waals surface area contributed by atoms with Crippen LogP contribution in [0.25, 0.3) is 11.0 Å². The molecule has 0 aliphatic carbocycles. The summed E-state index contributed by atoms with van der Waals surface area (Å²) in [5.41, 5.74) is 2.56. The summed E-state index contributed by atoms with van der Waals surface area (Å²) >= 11 is 0. The highest BCUT2D eigenvalue weighted by molar-refractivity contribution is 5.94. The number of hydrogen-bond acceptors (Lipinski definition) is 3. The normalized spacial score (nSPS) is 12.4. The van der Waals surface area contributed by atoms with Gasteiger partial charge in [-0.05, 0) is 36.2 Å². The summed E-state index contributed by atoms with van der Waals surface area (Å²) in [6.45, 7) is 4.16. The Bertz CT molecular complexity index is 899. The first-order valence-electron chi connectivity index (χ1n) is 8.37. The van der Waals surface area contributed by atoms with E-state index >= 15 is 0 Å². The van der Waals surface area contributed by atoms with Crippen LogP contribution in [0.2, 0.25) is 0 Å². The van der Waals surface area contributed by atoms with E-state index in [1.54, 1.807) is 19.2 Å². The van der Waals surface area contributed by atoms with Gasteiger partial charge in [0.2, 0.25) is 0 Å². The Morgan fingerprint density at radius 1 is 1.16 bits per heavy atom. The van der Waals surface area contributed by atoms with Crippen LogP contribution in [0.3, 0.4) is 0 Å². The summed E-state index contributed by atoms with van der Waals surface area (Å²) < 4.78 is 7.25. The van der Waals surface area contributed by atoms with Gasteiger partial charge in [0.15, 0.2) is 0 Å². The Balaban J connectivity index is 1.93. The van der Waals surface area contributed by atoms with Crippen LogP contribution in [-0.2, 0) is 7.05 Å². The molecule has 1 heterocycles. The first-order chi connectivity index (χ1) is 12.0. The number of fused-ring (bicyclic) bond motifs is 1. The number of amides is 1. The molecule has 3 aromatic rings. The molecule has 1 atom stereocenters. The second-order valence-electron chi connectivity index (χ2n) is 6.44. The summed E-state index contributed by atoms with van der Waals surface area (Å²) in [7, 11) is 3.57. The topological polar surface area (TPSA) is 56.1 Å². The van der Waals surface area contributed by atoms with Gasteiger partial charge in [0.05, 0.1) is 24.2 Å². The molecule has 0 aliphatic heterocycles. The van der Waals surface area contributed by atoms with E-state index in [1.807, 2.05) is 48.0 Å². The number of para-hydroxylation sites is 2. The highest BCUT2D eigenvalue weighted by atomic mass is 16.5. The lowest BCUT2D eigenvalue weighted by atomic mass is 10.0. The molecule has 1 N–H and O–H groups in total. The van der Waals surface area contributed by atoms with Gasteiger partial charge in [-0.25, -0.2) is 4.98 Å². The molecular formula is C20H23N3O2. The van der Waals surface area contributed by atoms with E-state index in [2.05, 4.69) is 19.2 Å². The number of nitrogens with one attached hydrogen (secondary N) is 1. The largest absolute Gasteiger partial charge is 0.497 e. The molecule has 25 heavy (non-hydrogen) atoms. The van der Waals surface area contributed by atoms with E-state index in [1.165, 1.54) is 0 Å². The number of rotatable bonds is 5. The first kappa shape index (κ1) is 17.0. The smallest absolute Gasteiger partial charge is 0.252 e. The van der Waals surface area contributed by atoms with Gasteiger partial charge in [-0.2, -0.15) is 0 Å². The minimum atomic E-state index is -0.184. The standard InChI is InChI=1S/C20H23N3O2/c1-13(2)18(19-21-16-10-5-6-11-17(16)23(19)3)22-20(24)14-8-7-9-15(12-14)25-4/h5-13,18H,1-4H3,(H,22,24)/t18-/m1/s1. The SMILES string of the molecule is COc1cccc(C(=O)N[C@@H](c2nc3ccccc3n2C)C(C)C)c1. The number of hydrogen-bond donors (Lipinski definition) is 1. The number of imidazole rings is 1. The number of aromatic nitrogens is 2. The lowest BCUT2D eigenvalue weighted by molar-refractivity contribution is 0.0922. The molecule has 130 valence electrons. The van der Waals surface area contributed by atoms with Crippen molar-refractivity contribution in [3.05, 3.63) is 59.9 Å². The molecular weight excluding hydrogens is 314 g/mol. The summed E-state index contributed by atoms with van der Waals surface area (Å²) in [6.07, 6.45) is 0. The molecule has 1 aromatic heterocycles. The second kappa shape index (κ2) is 6.97.